The van der Waals surface area contributed by atoms with Gasteiger partial charge in [-0.25, -0.2) is 0 Å². The Morgan fingerprint density at radius 1 is 0.458 bits per heavy atom. The SMILES string of the molecule is CCCCCCCCCCC/C=C/C(O)C(COC1OC(CO)C(O)C(O)C1O)NC(=O)CCCCCCCCCCCCCCCCCCCCCCCCCCCCCCCCCCCCCCCC. The molecule has 0 aromatic carbocycles. The second-order valence-electron chi connectivity index (χ2n) is 22.6. The third kappa shape index (κ3) is 42.1. The summed E-state index contributed by atoms with van der Waals surface area (Å²) in [5, 5.41) is 54.4. The molecule has 72 heavy (non-hydrogen) atoms. The number of aliphatic hydroxyl groups excluding tert-OH is 5. The predicted molar refractivity (Wildman–Crippen MR) is 304 cm³/mol. The molecule has 0 radical (unpaired) electrons. The molecule has 0 spiro atoms. The molecule has 0 saturated carbocycles. The van der Waals surface area contributed by atoms with Crippen molar-refractivity contribution in [2.45, 2.75) is 371 Å². The van der Waals surface area contributed by atoms with Crippen LogP contribution < -0.4 is 5.32 Å². The minimum absolute atomic E-state index is 0.171. The molecule has 0 aromatic heterocycles. The maximum Gasteiger partial charge on any atom is 0.220 e. The lowest BCUT2D eigenvalue weighted by Crippen LogP contribution is -2.60. The van der Waals surface area contributed by atoms with Gasteiger partial charge in [-0.3, -0.25) is 4.79 Å². The Morgan fingerprint density at radius 2 is 0.764 bits per heavy atom. The first-order valence-corrected chi connectivity index (χ1v) is 31.9. The van der Waals surface area contributed by atoms with Crippen molar-refractivity contribution in [1.82, 2.24) is 5.32 Å². The van der Waals surface area contributed by atoms with E-state index in [1.807, 2.05) is 6.08 Å². The molecule has 1 fully saturated rings. The van der Waals surface area contributed by atoms with Gasteiger partial charge in [0.15, 0.2) is 6.29 Å². The highest BCUT2D eigenvalue weighted by Gasteiger charge is 2.44. The molecular formula is C63H123NO8. The third-order valence-corrected chi connectivity index (χ3v) is 15.6. The summed E-state index contributed by atoms with van der Waals surface area (Å²) in [5.41, 5.74) is 0. The van der Waals surface area contributed by atoms with Gasteiger partial charge in [0.2, 0.25) is 5.91 Å². The molecule has 1 aliphatic heterocycles. The summed E-state index contributed by atoms with van der Waals surface area (Å²) in [6.45, 7) is 3.80. The van der Waals surface area contributed by atoms with Gasteiger partial charge in [-0.15, -0.1) is 0 Å². The third-order valence-electron chi connectivity index (χ3n) is 15.6. The van der Waals surface area contributed by atoms with Crippen molar-refractivity contribution in [3.63, 3.8) is 0 Å². The van der Waals surface area contributed by atoms with Gasteiger partial charge in [0.1, 0.15) is 24.4 Å². The second kappa shape index (κ2) is 53.3. The van der Waals surface area contributed by atoms with E-state index in [0.29, 0.717) is 6.42 Å². The average molecular weight is 1020 g/mol. The van der Waals surface area contributed by atoms with Crippen LogP contribution in [0.2, 0.25) is 0 Å². The molecule has 7 unspecified atom stereocenters. The highest BCUT2D eigenvalue weighted by Crippen LogP contribution is 2.23. The van der Waals surface area contributed by atoms with Crippen molar-refractivity contribution >= 4 is 5.91 Å². The summed E-state index contributed by atoms with van der Waals surface area (Å²) in [6, 6.07) is -0.799. The minimum atomic E-state index is -1.56. The lowest BCUT2D eigenvalue weighted by molar-refractivity contribution is -0.302. The van der Waals surface area contributed by atoms with Crippen LogP contribution in [0.5, 0.6) is 0 Å². The van der Waals surface area contributed by atoms with Crippen LogP contribution in [0.1, 0.15) is 328 Å². The number of allylic oxidation sites excluding steroid dienone is 1. The predicted octanol–water partition coefficient (Wildman–Crippen LogP) is 16.4. The highest BCUT2D eigenvalue weighted by atomic mass is 16.7. The normalized spacial score (nSPS) is 19.1. The number of hydrogen-bond donors (Lipinski definition) is 6. The Bertz CT molecular complexity index is 1140. The molecule has 9 heteroatoms. The van der Waals surface area contributed by atoms with E-state index in [4.69, 9.17) is 9.47 Å². The molecule has 6 N–H and O–H groups in total. The summed E-state index contributed by atoms with van der Waals surface area (Å²) in [5.74, 6) is -0.171. The number of carbonyl (C=O) groups excluding carboxylic acids is 1. The fourth-order valence-electron chi connectivity index (χ4n) is 10.6. The first-order valence-electron chi connectivity index (χ1n) is 31.9. The summed E-state index contributed by atoms with van der Waals surface area (Å²) in [4.78, 5) is 13.0. The van der Waals surface area contributed by atoms with Gasteiger partial charge in [0.05, 0.1) is 25.4 Å². The van der Waals surface area contributed by atoms with Gasteiger partial charge < -0.3 is 40.3 Å². The maximum absolute atomic E-state index is 13.0. The summed E-state index contributed by atoms with van der Waals surface area (Å²) in [7, 11) is 0. The van der Waals surface area contributed by atoms with Crippen molar-refractivity contribution in [1.29, 1.82) is 0 Å². The first-order chi connectivity index (χ1) is 35.3. The van der Waals surface area contributed by atoms with Crippen LogP contribution in [0.4, 0.5) is 0 Å². The van der Waals surface area contributed by atoms with Crippen molar-refractivity contribution < 1.29 is 39.8 Å². The van der Waals surface area contributed by atoms with Gasteiger partial charge in [-0.05, 0) is 19.3 Å². The molecule has 0 aromatic rings. The fourth-order valence-corrected chi connectivity index (χ4v) is 10.6. The van der Waals surface area contributed by atoms with Crippen molar-refractivity contribution in [3.05, 3.63) is 12.2 Å². The molecule has 0 bridgehead atoms. The second-order valence-corrected chi connectivity index (χ2v) is 22.6. The number of aliphatic hydroxyl groups is 5. The van der Waals surface area contributed by atoms with Crippen LogP contribution in [0.25, 0.3) is 0 Å². The highest BCUT2D eigenvalue weighted by molar-refractivity contribution is 5.76. The quantitative estimate of drug-likeness (QED) is 0.0261. The lowest BCUT2D eigenvalue weighted by Gasteiger charge is -2.40. The van der Waals surface area contributed by atoms with E-state index < -0.39 is 49.5 Å². The number of nitrogens with one attached hydrogen (secondary N) is 1. The molecule has 7 atom stereocenters. The summed E-state index contributed by atoms with van der Waals surface area (Å²) < 4.78 is 11.2. The number of amides is 1. The van der Waals surface area contributed by atoms with Crippen molar-refractivity contribution in [2.24, 2.45) is 0 Å². The van der Waals surface area contributed by atoms with Crippen LogP contribution in [0, 0.1) is 0 Å². The Morgan fingerprint density at radius 3 is 1.08 bits per heavy atom. The lowest BCUT2D eigenvalue weighted by atomic mass is 9.99. The monoisotopic (exact) mass is 1020 g/mol. The number of rotatable bonds is 56. The van der Waals surface area contributed by atoms with Crippen molar-refractivity contribution in [2.75, 3.05) is 13.2 Å². The zero-order chi connectivity index (χ0) is 52.2. The zero-order valence-electron chi connectivity index (χ0n) is 47.7. The smallest absolute Gasteiger partial charge is 0.220 e. The van der Waals surface area contributed by atoms with Crippen LogP contribution >= 0.6 is 0 Å². The fraction of sp³-hybridized carbons (Fsp3) is 0.952. The van der Waals surface area contributed by atoms with E-state index in [-0.39, 0.29) is 12.5 Å². The van der Waals surface area contributed by atoms with Gasteiger partial charge in [0, 0.05) is 6.42 Å². The molecule has 1 saturated heterocycles. The van der Waals surface area contributed by atoms with Gasteiger partial charge in [-0.2, -0.15) is 0 Å². The molecule has 1 heterocycles. The first kappa shape index (κ1) is 68.9. The standard InChI is InChI=1S/C63H123NO8/c1-3-5-7-9-11-13-15-16-17-18-19-20-21-22-23-24-25-26-27-28-29-30-31-32-33-34-35-36-37-38-39-40-41-43-45-47-49-51-53-59(67)64-56(55-71-63-62(70)61(69)60(68)58(54-65)72-63)57(66)52-50-48-46-44-42-14-12-10-8-6-4-2/h50,52,56-58,60-63,65-66,68-70H,3-49,51,53-55H2,1-2H3,(H,64,67)/b52-50+. The maximum atomic E-state index is 13.0. The molecule has 0 aliphatic carbocycles. The van der Waals surface area contributed by atoms with Crippen LogP contribution in [-0.2, 0) is 14.3 Å². The van der Waals surface area contributed by atoms with Gasteiger partial charge in [0.25, 0.3) is 0 Å². The zero-order valence-corrected chi connectivity index (χ0v) is 47.7. The number of hydrogen-bond acceptors (Lipinski definition) is 8. The Hall–Kier alpha value is -1.07. The molecule has 428 valence electrons. The average Bonchev–Trinajstić information content (AvgIpc) is 3.38. The number of unbranched alkanes of at least 4 members (excludes halogenated alkanes) is 46. The van der Waals surface area contributed by atoms with Crippen LogP contribution in [0.3, 0.4) is 0 Å². The molecule has 1 aliphatic rings. The molecule has 1 amide bonds. The van der Waals surface area contributed by atoms with Crippen molar-refractivity contribution in [3.8, 4) is 0 Å². The summed E-state index contributed by atoms with van der Waals surface area (Å²) in [6.07, 6.45) is 60.5. The van der Waals surface area contributed by atoms with E-state index in [1.165, 1.54) is 270 Å². The van der Waals surface area contributed by atoms with E-state index in [1.54, 1.807) is 6.08 Å². The van der Waals surface area contributed by atoms with E-state index in [0.717, 1.165) is 38.5 Å². The topological polar surface area (TPSA) is 149 Å². The largest absolute Gasteiger partial charge is 0.394 e. The number of carbonyl (C=O) groups is 1. The number of ether oxygens (including phenoxy) is 2. The van der Waals surface area contributed by atoms with E-state index in [9.17, 15) is 30.3 Å². The minimum Gasteiger partial charge on any atom is -0.394 e. The van der Waals surface area contributed by atoms with Crippen LogP contribution in [0.15, 0.2) is 12.2 Å². The Labute approximate surface area is 446 Å². The Kier molecular flexibility index (Phi) is 51.1. The van der Waals surface area contributed by atoms with E-state index >= 15 is 0 Å². The van der Waals surface area contributed by atoms with Gasteiger partial charge in [-0.1, -0.05) is 315 Å². The van der Waals surface area contributed by atoms with Gasteiger partial charge >= 0.3 is 0 Å². The molecule has 9 nitrogen and oxygen atoms in total. The Balaban J connectivity index is 1.99. The summed E-state index contributed by atoms with van der Waals surface area (Å²) >= 11 is 0. The molecule has 1 rings (SSSR count). The van der Waals surface area contributed by atoms with E-state index in [2.05, 4.69) is 19.2 Å². The molecular weight excluding hydrogens is 899 g/mol. The van der Waals surface area contributed by atoms with Crippen LogP contribution in [-0.4, -0.2) is 87.5 Å².